The van der Waals surface area contributed by atoms with Gasteiger partial charge in [-0.05, 0) is 12.0 Å². The number of rotatable bonds is 22. The van der Waals surface area contributed by atoms with Gasteiger partial charge in [0.15, 0.2) is 0 Å². The largest absolute Gasteiger partial charge is 0.357 e. The number of hydrogen-bond donors (Lipinski definition) is 4. The van der Waals surface area contributed by atoms with Gasteiger partial charge >= 0.3 is 0 Å². The highest BCUT2D eigenvalue weighted by Gasteiger charge is 2.26. The van der Waals surface area contributed by atoms with Crippen molar-refractivity contribution >= 4 is 17.7 Å². The van der Waals surface area contributed by atoms with Gasteiger partial charge < -0.3 is 10.6 Å². The van der Waals surface area contributed by atoms with Crippen molar-refractivity contribution < 1.29 is 19.6 Å². The van der Waals surface area contributed by atoms with E-state index in [0.29, 0.717) is 12.8 Å². The van der Waals surface area contributed by atoms with Crippen LogP contribution in [0.25, 0.3) is 0 Å². The summed E-state index contributed by atoms with van der Waals surface area (Å²) in [4.78, 5) is 37.3. The van der Waals surface area contributed by atoms with Gasteiger partial charge in [-0.25, -0.2) is 5.48 Å². The van der Waals surface area contributed by atoms with E-state index in [1.165, 1.54) is 77.7 Å². The van der Waals surface area contributed by atoms with E-state index < -0.39 is 17.9 Å². The summed E-state index contributed by atoms with van der Waals surface area (Å²) >= 11 is 0. The quantitative estimate of drug-likeness (QED) is 0.0880. The molecule has 0 aromatic heterocycles. The van der Waals surface area contributed by atoms with Crippen molar-refractivity contribution in [2.24, 2.45) is 5.92 Å². The molecule has 0 fully saturated rings. The normalized spacial score (nSPS) is 12.5. The lowest BCUT2D eigenvalue weighted by atomic mass is 9.94. The van der Waals surface area contributed by atoms with E-state index in [2.05, 4.69) is 17.6 Å². The molecule has 1 rings (SSSR count). The highest BCUT2D eigenvalue weighted by molar-refractivity contribution is 5.90. The predicted octanol–water partition coefficient (Wildman–Crippen LogP) is 5.84. The first-order valence-electron chi connectivity index (χ1n) is 14.5. The number of carbonyl (C=O) groups is 3. The van der Waals surface area contributed by atoms with Crippen molar-refractivity contribution in [2.75, 3.05) is 7.05 Å². The zero-order valence-electron chi connectivity index (χ0n) is 23.2. The van der Waals surface area contributed by atoms with Crippen LogP contribution >= 0.6 is 0 Å². The molecular formula is C30H51N3O4. The van der Waals surface area contributed by atoms with E-state index >= 15 is 0 Å². The Labute approximate surface area is 224 Å². The summed E-state index contributed by atoms with van der Waals surface area (Å²) in [6, 6.07) is 8.78. The van der Waals surface area contributed by atoms with Crippen LogP contribution in [-0.4, -0.2) is 36.0 Å². The fourth-order valence-electron chi connectivity index (χ4n) is 4.70. The van der Waals surface area contributed by atoms with Gasteiger partial charge in [0.1, 0.15) is 6.04 Å². The molecule has 2 atom stereocenters. The summed E-state index contributed by atoms with van der Waals surface area (Å²) < 4.78 is 0. The SMILES string of the molecule is CCCCCCCCCCCCCCCCC(CC(=O)NO)C(=O)N[C@@H](Cc1ccccc1)C(=O)NC. The van der Waals surface area contributed by atoms with Crippen molar-refractivity contribution in [1.82, 2.24) is 16.1 Å². The van der Waals surface area contributed by atoms with Gasteiger partial charge in [-0.1, -0.05) is 127 Å². The number of unbranched alkanes of at least 4 members (excludes halogenated alkanes) is 13. The molecule has 4 N–H and O–H groups in total. The fraction of sp³-hybridized carbons (Fsp3) is 0.700. The van der Waals surface area contributed by atoms with E-state index in [0.717, 1.165) is 24.8 Å². The Bertz CT molecular complexity index is 742. The molecule has 210 valence electrons. The lowest BCUT2D eigenvalue weighted by Gasteiger charge is -2.22. The van der Waals surface area contributed by atoms with Crippen LogP contribution in [0.1, 0.15) is 115 Å². The van der Waals surface area contributed by atoms with Gasteiger partial charge in [0.2, 0.25) is 17.7 Å². The summed E-state index contributed by atoms with van der Waals surface area (Å²) in [7, 11) is 1.54. The van der Waals surface area contributed by atoms with Crippen LogP contribution in [0.5, 0.6) is 0 Å². The van der Waals surface area contributed by atoms with Gasteiger partial charge in [-0.15, -0.1) is 0 Å². The van der Waals surface area contributed by atoms with Gasteiger partial charge in [0.05, 0.1) is 0 Å². The predicted molar refractivity (Wildman–Crippen MR) is 149 cm³/mol. The van der Waals surface area contributed by atoms with Crippen LogP contribution in [0.4, 0.5) is 0 Å². The Morgan fingerprint density at radius 2 is 1.27 bits per heavy atom. The molecule has 0 bridgehead atoms. The number of benzene rings is 1. The minimum Gasteiger partial charge on any atom is -0.357 e. The van der Waals surface area contributed by atoms with Crippen molar-refractivity contribution in [1.29, 1.82) is 0 Å². The number of likely N-dealkylation sites (N-methyl/N-ethyl adjacent to an activating group) is 1. The topological polar surface area (TPSA) is 108 Å². The molecule has 0 saturated heterocycles. The molecule has 0 spiro atoms. The number of amides is 3. The molecule has 0 aliphatic carbocycles. The van der Waals surface area contributed by atoms with Gasteiger partial charge in [-0.3, -0.25) is 19.6 Å². The van der Waals surface area contributed by atoms with E-state index in [9.17, 15) is 14.4 Å². The third-order valence-corrected chi connectivity index (χ3v) is 7.00. The Hall–Kier alpha value is -2.41. The smallest absolute Gasteiger partial charge is 0.244 e. The third-order valence-electron chi connectivity index (χ3n) is 7.00. The van der Waals surface area contributed by atoms with Crippen LogP contribution in [0, 0.1) is 5.92 Å². The maximum absolute atomic E-state index is 13.0. The van der Waals surface area contributed by atoms with Gasteiger partial charge in [0.25, 0.3) is 0 Å². The number of carbonyl (C=O) groups excluding carboxylic acids is 3. The van der Waals surface area contributed by atoms with Crippen molar-refractivity contribution in [2.45, 2.75) is 122 Å². The lowest BCUT2D eigenvalue weighted by Crippen LogP contribution is -2.49. The van der Waals surface area contributed by atoms with Crippen molar-refractivity contribution in [3.8, 4) is 0 Å². The molecule has 0 radical (unpaired) electrons. The zero-order chi connectivity index (χ0) is 27.1. The Balaban J connectivity index is 2.36. The zero-order valence-corrected chi connectivity index (χ0v) is 23.2. The summed E-state index contributed by atoms with van der Waals surface area (Å²) in [6.45, 7) is 2.25. The molecule has 0 aliphatic heterocycles. The molecule has 7 nitrogen and oxygen atoms in total. The minimum absolute atomic E-state index is 0.105. The molecule has 37 heavy (non-hydrogen) atoms. The van der Waals surface area contributed by atoms with E-state index in [-0.39, 0.29) is 18.2 Å². The molecule has 0 aliphatic rings. The average molecular weight is 518 g/mol. The first kappa shape index (κ1) is 32.6. The van der Waals surface area contributed by atoms with Crippen molar-refractivity contribution in [3.63, 3.8) is 0 Å². The number of nitrogens with one attached hydrogen (secondary N) is 3. The van der Waals surface area contributed by atoms with Crippen LogP contribution in [0.15, 0.2) is 30.3 Å². The monoisotopic (exact) mass is 517 g/mol. The first-order chi connectivity index (χ1) is 18.0. The van der Waals surface area contributed by atoms with E-state index in [4.69, 9.17) is 5.21 Å². The second-order valence-electron chi connectivity index (χ2n) is 10.2. The molecule has 0 saturated carbocycles. The van der Waals surface area contributed by atoms with Crippen molar-refractivity contribution in [3.05, 3.63) is 35.9 Å². The second kappa shape index (κ2) is 21.7. The molecule has 7 heteroatoms. The third kappa shape index (κ3) is 16.1. The average Bonchev–Trinajstić information content (AvgIpc) is 2.92. The Morgan fingerprint density at radius 1 is 0.757 bits per heavy atom. The summed E-state index contributed by atoms with van der Waals surface area (Å²) in [5.74, 6) is -1.79. The Morgan fingerprint density at radius 3 is 1.76 bits per heavy atom. The maximum atomic E-state index is 13.0. The minimum atomic E-state index is -0.726. The molecule has 3 amide bonds. The van der Waals surface area contributed by atoms with E-state index in [1.807, 2.05) is 30.3 Å². The summed E-state index contributed by atoms with van der Waals surface area (Å²) in [5, 5.41) is 14.4. The first-order valence-corrected chi connectivity index (χ1v) is 14.5. The fourth-order valence-corrected chi connectivity index (χ4v) is 4.70. The highest BCUT2D eigenvalue weighted by atomic mass is 16.5. The van der Waals surface area contributed by atoms with Gasteiger partial charge in [-0.2, -0.15) is 0 Å². The van der Waals surface area contributed by atoms with Crippen LogP contribution in [0.2, 0.25) is 0 Å². The molecule has 0 heterocycles. The van der Waals surface area contributed by atoms with Crippen LogP contribution in [-0.2, 0) is 20.8 Å². The van der Waals surface area contributed by atoms with Crippen LogP contribution < -0.4 is 16.1 Å². The molecular weight excluding hydrogens is 466 g/mol. The summed E-state index contributed by atoms with van der Waals surface area (Å²) in [5.41, 5.74) is 2.57. The Kier molecular flexibility index (Phi) is 19.1. The van der Waals surface area contributed by atoms with E-state index in [1.54, 1.807) is 5.48 Å². The molecule has 1 unspecified atom stereocenters. The lowest BCUT2D eigenvalue weighted by molar-refractivity contribution is -0.136. The summed E-state index contributed by atoms with van der Waals surface area (Å²) in [6.07, 6.45) is 18.3. The number of hydrogen-bond acceptors (Lipinski definition) is 4. The molecule has 1 aromatic rings. The molecule has 1 aromatic carbocycles. The standard InChI is InChI=1S/C30H51N3O4/c1-3-4-5-6-7-8-9-10-11-12-13-14-15-19-22-26(24-28(34)33-37)29(35)32-27(30(36)31-2)23-25-20-17-16-18-21-25/h16-18,20-21,26-27,37H,3-15,19,22-24H2,1-2H3,(H,31,36)(H,32,35)(H,33,34)/t26?,27-/m0/s1. The van der Waals surface area contributed by atoms with Crippen LogP contribution in [0.3, 0.4) is 0 Å². The van der Waals surface area contributed by atoms with Gasteiger partial charge in [0, 0.05) is 25.8 Å². The second-order valence-corrected chi connectivity index (χ2v) is 10.2. The number of hydroxylamine groups is 1. The maximum Gasteiger partial charge on any atom is 0.244 e. The highest BCUT2D eigenvalue weighted by Crippen LogP contribution is 2.18.